The zero-order valence-electron chi connectivity index (χ0n) is 9.88. The molecule has 0 aromatic heterocycles. The van der Waals surface area contributed by atoms with E-state index in [1.54, 1.807) is 12.1 Å². The molecule has 1 unspecified atom stereocenters. The van der Waals surface area contributed by atoms with E-state index < -0.39 is 11.2 Å². The Labute approximate surface area is 105 Å². The molecular formula is C13H15NO2S. The van der Waals surface area contributed by atoms with Gasteiger partial charge in [0.25, 0.3) is 0 Å². The number of thioether (sulfide) groups is 1. The van der Waals surface area contributed by atoms with Gasteiger partial charge in [0.2, 0.25) is 0 Å². The molecule has 0 bridgehead atoms. The molecule has 0 saturated carbocycles. The molecule has 3 nitrogen and oxygen atoms in total. The first-order valence-corrected chi connectivity index (χ1v) is 6.43. The Morgan fingerprint density at radius 3 is 2.76 bits per heavy atom. The van der Waals surface area contributed by atoms with Crippen LogP contribution in [0.15, 0.2) is 24.3 Å². The Bertz CT molecular complexity index is 437. The molecule has 1 aromatic rings. The highest BCUT2D eigenvalue weighted by Crippen LogP contribution is 2.24. The Morgan fingerprint density at radius 2 is 2.24 bits per heavy atom. The summed E-state index contributed by atoms with van der Waals surface area (Å²) in [6, 6.07) is 9.34. The summed E-state index contributed by atoms with van der Waals surface area (Å²) in [5.74, 6) is -0.0666. The van der Waals surface area contributed by atoms with Crippen molar-refractivity contribution in [2.24, 2.45) is 5.92 Å². The van der Waals surface area contributed by atoms with Crippen LogP contribution < -0.4 is 0 Å². The highest BCUT2D eigenvalue weighted by atomic mass is 32.2. The monoisotopic (exact) mass is 249 g/mol. The Kier molecular flexibility index (Phi) is 5.05. The summed E-state index contributed by atoms with van der Waals surface area (Å²) in [4.78, 5) is 11.0. The van der Waals surface area contributed by atoms with Gasteiger partial charge in [-0.1, -0.05) is 26.0 Å². The summed E-state index contributed by atoms with van der Waals surface area (Å²) >= 11 is 1.40. The molecule has 0 fully saturated rings. The number of carboxylic acids is 1. The lowest BCUT2D eigenvalue weighted by Gasteiger charge is -2.15. The molecule has 0 heterocycles. The lowest BCUT2D eigenvalue weighted by Crippen LogP contribution is -2.22. The van der Waals surface area contributed by atoms with Crippen LogP contribution in [0.1, 0.15) is 25.0 Å². The number of aliphatic carboxylic acids is 1. The summed E-state index contributed by atoms with van der Waals surface area (Å²) in [6.45, 7) is 3.80. The fraction of sp³-hybridized carbons (Fsp3) is 0.385. The Balaban J connectivity index is 2.66. The standard InChI is InChI=1S/C13H15NO2S/c1-9(2)12(13(15)16)17-8-11-5-3-4-10(6-11)7-14/h3-6,9,12H,8H2,1-2H3,(H,15,16). The molecule has 0 spiro atoms. The summed E-state index contributed by atoms with van der Waals surface area (Å²) in [5.41, 5.74) is 1.60. The van der Waals surface area contributed by atoms with Gasteiger partial charge in [0.05, 0.1) is 11.6 Å². The van der Waals surface area contributed by atoms with Gasteiger partial charge in [-0.05, 0) is 23.6 Å². The van der Waals surface area contributed by atoms with E-state index in [1.807, 2.05) is 26.0 Å². The average Bonchev–Trinajstić information content (AvgIpc) is 2.28. The second-order valence-electron chi connectivity index (χ2n) is 4.13. The van der Waals surface area contributed by atoms with Crippen molar-refractivity contribution in [3.63, 3.8) is 0 Å². The lowest BCUT2D eigenvalue weighted by atomic mass is 10.1. The zero-order valence-corrected chi connectivity index (χ0v) is 10.7. The SMILES string of the molecule is CC(C)C(SCc1cccc(C#N)c1)C(=O)O. The second-order valence-corrected chi connectivity index (χ2v) is 5.26. The summed E-state index contributed by atoms with van der Waals surface area (Å²) in [7, 11) is 0. The maximum absolute atomic E-state index is 11.0. The predicted octanol–water partition coefficient (Wildman–Crippen LogP) is 2.90. The second kappa shape index (κ2) is 6.31. The molecule has 0 aliphatic rings. The first-order chi connectivity index (χ1) is 8.04. The molecule has 0 amide bonds. The van der Waals surface area contributed by atoms with Crippen molar-refractivity contribution in [3.8, 4) is 6.07 Å². The van der Waals surface area contributed by atoms with E-state index in [0.717, 1.165) is 5.56 Å². The maximum Gasteiger partial charge on any atom is 0.316 e. The van der Waals surface area contributed by atoms with Gasteiger partial charge in [-0.2, -0.15) is 5.26 Å². The van der Waals surface area contributed by atoms with E-state index in [2.05, 4.69) is 6.07 Å². The molecule has 4 heteroatoms. The van der Waals surface area contributed by atoms with Crippen LogP contribution in [0.4, 0.5) is 0 Å². The molecule has 0 aliphatic carbocycles. The van der Waals surface area contributed by atoms with Crippen molar-refractivity contribution in [1.82, 2.24) is 0 Å². The fourth-order valence-corrected chi connectivity index (χ4v) is 2.54. The minimum absolute atomic E-state index is 0.0941. The van der Waals surface area contributed by atoms with Gasteiger partial charge in [-0.15, -0.1) is 11.8 Å². The van der Waals surface area contributed by atoms with Crippen LogP contribution in [0.3, 0.4) is 0 Å². The third-order valence-corrected chi connectivity index (χ3v) is 3.94. The number of carbonyl (C=O) groups is 1. The highest BCUT2D eigenvalue weighted by molar-refractivity contribution is 7.99. The van der Waals surface area contributed by atoms with Crippen LogP contribution in [-0.4, -0.2) is 16.3 Å². The number of rotatable bonds is 5. The van der Waals surface area contributed by atoms with Gasteiger partial charge in [0.1, 0.15) is 5.25 Å². The van der Waals surface area contributed by atoms with Gasteiger partial charge >= 0.3 is 5.97 Å². The largest absolute Gasteiger partial charge is 0.480 e. The minimum atomic E-state index is -0.776. The van der Waals surface area contributed by atoms with E-state index in [9.17, 15) is 4.79 Å². The first kappa shape index (κ1) is 13.6. The zero-order chi connectivity index (χ0) is 12.8. The first-order valence-electron chi connectivity index (χ1n) is 5.38. The topological polar surface area (TPSA) is 61.1 Å². The van der Waals surface area contributed by atoms with Crippen LogP contribution in [0, 0.1) is 17.2 Å². The van der Waals surface area contributed by atoms with E-state index in [4.69, 9.17) is 10.4 Å². The van der Waals surface area contributed by atoms with Crippen molar-refractivity contribution < 1.29 is 9.90 Å². The van der Waals surface area contributed by atoms with Gasteiger partial charge in [0.15, 0.2) is 0 Å². The Morgan fingerprint density at radius 1 is 1.53 bits per heavy atom. The molecule has 1 atom stereocenters. The Hall–Kier alpha value is -1.47. The van der Waals surface area contributed by atoms with E-state index in [1.165, 1.54) is 11.8 Å². The normalized spacial score (nSPS) is 12.1. The van der Waals surface area contributed by atoms with Crippen LogP contribution in [0.25, 0.3) is 0 Å². The summed E-state index contributed by atoms with van der Waals surface area (Å²) in [6.07, 6.45) is 0. The van der Waals surface area contributed by atoms with Crippen molar-refractivity contribution in [2.75, 3.05) is 0 Å². The van der Waals surface area contributed by atoms with Crippen LogP contribution in [-0.2, 0) is 10.5 Å². The number of hydrogen-bond donors (Lipinski definition) is 1. The third kappa shape index (κ3) is 4.12. The van der Waals surface area contributed by atoms with Crippen LogP contribution in [0.5, 0.6) is 0 Å². The fourth-order valence-electron chi connectivity index (χ4n) is 1.47. The number of benzene rings is 1. The lowest BCUT2D eigenvalue weighted by molar-refractivity contribution is -0.137. The van der Waals surface area contributed by atoms with Gasteiger partial charge in [0, 0.05) is 5.75 Å². The van der Waals surface area contributed by atoms with E-state index in [0.29, 0.717) is 11.3 Å². The molecule has 17 heavy (non-hydrogen) atoms. The predicted molar refractivity (Wildman–Crippen MR) is 68.7 cm³/mol. The van der Waals surface area contributed by atoms with E-state index in [-0.39, 0.29) is 5.92 Å². The highest BCUT2D eigenvalue weighted by Gasteiger charge is 2.21. The number of hydrogen-bond acceptors (Lipinski definition) is 3. The minimum Gasteiger partial charge on any atom is -0.480 e. The third-order valence-electron chi connectivity index (χ3n) is 2.33. The quantitative estimate of drug-likeness (QED) is 0.871. The van der Waals surface area contributed by atoms with Crippen molar-refractivity contribution >= 4 is 17.7 Å². The average molecular weight is 249 g/mol. The van der Waals surface area contributed by atoms with Gasteiger partial charge in [-0.25, -0.2) is 0 Å². The number of carboxylic acid groups (broad SMARTS) is 1. The van der Waals surface area contributed by atoms with Crippen LogP contribution in [0.2, 0.25) is 0 Å². The molecule has 1 rings (SSSR count). The number of nitriles is 1. The molecule has 1 aromatic carbocycles. The summed E-state index contributed by atoms with van der Waals surface area (Å²) < 4.78 is 0. The summed E-state index contributed by atoms with van der Waals surface area (Å²) in [5, 5.41) is 17.4. The molecule has 1 N–H and O–H groups in total. The van der Waals surface area contributed by atoms with Crippen LogP contribution >= 0.6 is 11.8 Å². The van der Waals surface area contributed by atoms with Crippen molar-refractivity contribution in [3.05, 3.63) is 35.4 Å². The molecular weight excluding hydrogens is 234 g/mol. The molecule has 0 radical (unpaired) electrons. The molecule has 0 saturated heterocycles. The van der Waals surface area contributed by atoms with Crippen molar-refractivity contribution in [2.45, 2.75) is 24.9 Å². The maximum atomic E-state index is 11.0. The number of nitrogens with zero attached hydrogens (tertiary/aromatic N) is 1. The molecule has 90 valence electrons. The van der Waals surface area contributed by atoms with Gasteiger partial charge < -0.3 is 5.11 Å². The van der Waals surface area contributed by atoms with Crippen molar-refractivity contribution in [1.29, 1.82) is 5.26 Å². The molecule has 0 aliphatic heterocycles. The smallest absolute Gasteiger partial charge is 0.316 e. The van der Waals surface area contributed by atoms with Gasteiger partial charge in [-0.3, -0.25) is 4.79 Å². The van der Waals surface area contributed by atoms with E-state index >= 15 is 0 Å².